The van der Waals surface area contributed by atoms with Crippen molar-refractivity contribution in [3.63, 3.8) is 0 Å². The minimum absolute atomic E-state index is 0.0345. The van der Waals surface area contributed by atoms with E-state index in [1.54, 1.807) is 60.5 Å². The fraction of sp³-hybridized carbons (Fsp3) is 0.0500. The minimum Gasteiger partial charge on any atom is -0.439 e. The number of ether oxygens (including phenoxy) is 1. The summed E-state index contributed by atoms with van der Waals surface area (Å²) in [5, 5.41) is 0. The van der Waals surface area contributed by atoms with E-state index in [1.807, 2.05) is 0 Å². The molecule has 0 aliphatic rings. The van der Waals surface area contributed by atoms with Crippen LogP contribution in [0.1, 0.15) is 5.82 Å². The fourth-order valence-corrected chi connectivity index (χ4v) is 3.70. The normalized spacial score (nSPS) is 11.3. The molecule has 152 valence electrons. The van der Waals surface area contributed by atoms with Gasteiger partial charge in [0.05, 0.1) is 4.90 Å². The zero-order chi connectivity index (χ0) is 21.1. The van der Waals surface area contributed by atoms with Crippen molar-refractivity contribution >= 4 is 15.7 Å². The Morgan fingerprint density at radius 3 is 2.43 bits per heavy atom. The van der Waals surface area contributed by atoms with E-state index in [0.717, 1.165) is 12.1 Å². The number of nitrogens with zero attached hydrogens (tertiary/aromatic N) is 4. The van der Waals surface area contributed by atoms with Gasteiger partial charge in [-0.2, -0.15) is 4.98 Å². The molecular weight excluding hydrogens is 409 g/mol. The van der Waals surface area contributed by atoms with Gasteiger partial charge in [-0.3, -0.25) is 9.29 Å². The lowest BCUT2D eigenvalue weighted by molar-refractivity contribution is 0.459. The van der Waals surface area contributed by atoms with Gasteiger partial charge in [-0.25, -0.2) is 22.8 Å². The zero-order valence-corrected chi connectivity index (χ0v) is 16.5. The summed E-state index contributed by atoms with van der Waals surface area (Å²) in [7, 11) is -3.82. The molecule has 0 aliphatic carbocycles. The van der Waals surface area contributed by atoms with Crippen LogP contribution in [0.4, 0.5) is 10.1 Å². The zero-order valence-electron chi connectivity index (χ0n) is 15.7. The van der Waals surface area contributed by atoms with Crippen LogP contribution in [0.3, 0.4) is 0 Å². The molecular formula is C20H16FN5O3S. The Hall–Kier alpha value is -3.79. The topological polar surface area (TPSA) is 99.0 Å². The smallest absolute Gasteiger partial charge is 0.261 e. The SMILES string of the molecule is Cc1nc(Oc2ccc(NS(=O)(=O)c3ccc(F)cc3)cc2)cc(-n2ccnc2)n1. The third-order valence-electron chi connectivity index (χ3n) is 4.02. The third kappa shape index (κ3) is 4.44. The summed E-state index contributed by atoms with van der Waals surface area (Å²) in [6.07, 6.45) is 5.02. The van der Waals surface area contributed by atoms with E-state index >= 15 is 0 Å². The number of halogens is 1. The Bertz CT molecular complexity index is 1260. The van der Waals surface area contributed by atoms with Gasteiger partial charge in [0.1, 0.15) is 29.5 Å². The maximum absolute atomic E-state index is 13.0. The molecule has 1 N–H and O–H groups in total. The molecule has 2 aromatic heterocycles. The molecule has 0 saturated heterocycles. The van der Waals surface area contributed by atoms with Crippen LogP contribution in [0.2, 0.25) is 0 Å². The summed E-state index contributed by atoms with van der Waals surface area (Å²) >= 11 is 0. The van der Waals surface area contributed by atoms with Crippen LogP contribution in [-0.4, -0.2) is 27.9 Å². The molecule has 2 aromatic carbocycles. The summed E-state index contributed by atoms with van der Waals surface area (Å²) in [6, 6.07) is 12.6. The molecule has 4 aromatic rings. The number of nitrogens with one attached hydrogen (secondary N) is 1. The van der Waals surface area contributed by atoms with Gasteiger partial charge in [0.25, 0.3) is 10.0 Å². The van der Waals surface area contributed by atoms with Crippen molar-refractivity contribution in [3.05, 3.63) is 85.0 Å². The Kier molecular flexibility index (Phi) is 5.15. The molecule has 4 rings (SSSR count). The highest BCUT2D eigenvalue weighted by molar-refractivity contribution is 7.92. The summed E-state index contributed by atoms with van der Waals surface area (Å²) in [5.74, 6) is 1.44. The van der Waals surface area contributed by atoms with Crippen LogP contribution < -0.4 is 9.46 Å². The average Bonchev–Trinajstić information content (AvgIpc) is 3.24. The number of hydrogen-bond donors (Lipinski definition) is 1. The molecule has 8 nitrogen and oxygen atoms in total. The highest BCUT2D eigenvalue weighted by Gasteiger charge is 2.14. The summed E-state index contributed by atoms with van der Waals surface area (Å²) < 4.78 is 47.7. The van der Waals surface area contributed by atoms with Gasteiger partial charge in [-0.15, -0.1) is 0 Å². The van der Waals surface area contributed by atoms with Crippen LogP contribution in [-0.2, 0) is 10.0 Å². The molecule has 0 radical (unpaired) electrons. The molecule has 0 saturated carbocycles. The van der Waals surface area contributed by atoms with Gasteiger partial charge in [0.15, 0.2) is 0 Å². The number of aryl methyl sites for hydroxylation is 1. The van der Waals surface area contributed by atoms with E-state index in [2.05, 4.69) is 19.7 Å². The Balaban J connectivity index is 1.50. The number of sulfonamides is 1. The van der Waals surface area contributed by atoms with Crippen molar-refractivity contribution < 1.29 is 17.5 Å². The summed E-state index contributed by atoms with van der Waals surface area (Å²) in [6.45, 7) is 1.75. The highest BCUT2D eigenvalue weighted by atomic mass is 32.2. The van der Waals surface area contributed by atoms with E-state index < -0.39 is 15.8 Å². The molecule has 0 bridgehead atoms. The van der Waals surface area contributed by atoms with Crippen molar-refractivity contribution in [2.75, 3.05) is 4.72 Å². The first-order valence-corrected chi connectivity index (χ1v) is 10.3. The number of imidazole rings is 1. The average molecular weight is 425 g/mol. The van der Waals surface area contributed by atoms with Gasteiger partial charge >= 0.3 is 0 Å². The molecule has 10 heteroatoms. The third-order valence-corrected chi connectivity index (χ3v) is 5.42. The minimum atomic E-state index is -3.82. The van der Waals surface area contributed by atoms with Gasteiger partial charge in [0, 0.05) is 24.1 Å². The lowest BCUT2D eigenvalue weighted by atomic mass is 10.3. The van der Waals surface area contributed by atoms with Crippen LogP contribution >= 0.6 is 0 Å². The molecule has 0 unspecified atom stereocenters. The number of aromatic nitrogens is 4. The largest absolute Gasteiger partial charge is 0.439 e. The lowest BCUT2D eigenvalue weighted by Gasteiger charge is -2.10. The number of hydrogen-bond acceptors (Lipinski definition) is 6. The van der Waals surface area contributed by atoms with E-state index in [4.69, 9.17) is 4.74 Å². The number of anilines is 1. The van der Waals surface area contributed by atoms with Crippen molar-refractivity contribution in [3.8, 4) is 17.4 Å². The highest BCUT2D eigenvalue weighted by Crippen LogP contribution is 2.24. The molecule has 0 amide bonds. The summed E-state index contributed by atoms with van der Waals surface area (Å²) in [4.78, 5) is 12.6. The van der Waals surface area contributed by atoms with Gasteiger partial charge < -0.3 is 4.74 Å². The maximum atomic E-state index is 13.0. The Morgan fingerprint density at radius 1 is 1.03 bits per heavy atom. The van der Waals surface area contributed by atoms with Crippen molar-refractivity contribution in [2.24, 2.45) is 0 Å². The van der Waals surface area contributed by atoms with E-state index in [1.165, 1.54) is 12.1 Å². The van der Waals surface area contributed by atoms with Gasteiger partial charge in [0.2, 0.25) is 5.88 Å². The first-order valence-electron chi connectivity index (χ1n) is 8.79. The van der Waals surface area contributed by atoms with Crippen LogP contribution in [0.5, 0.6) is 11.6 Å². The first kappa shape index (κ1) is 19.5. The van der Waals surface area contributed by atoms with Crippen LogP contribution in [0.15, 0.2) is 78.2 Å². The molecule has 0 aliphatic heterocycles. The van der Waals surface area contributed by atoms with Gasteiger partial charge in [-0.1, -0.05) is 0 Å². The van der Waals surface area contributed by atoms with Crippen molar-refractivity contribution in [1.29, 1.82) is 0 Å². The second-order valence-corrected chi connectivity index (χ2v) is 7.95. The van der Waals surface area contributed by atoms with E-state index in [9.17, 15) is 12.8 Å². The molecule has 2 heterocycles. The van der Waals surface area contributed by atoms with E-state index in [0.29, 0.717) is 29.0 Å². The molecule has 30 heavy (non-hydrogen) atoms. The lowest BCUT2D eigenvalue weighted by Crippen LogP contribution is -2.12. The number of rotatable bonds is 6. The van der Waals surface area contributed by atoms with Crippen molar-refractivity contribution in [2.45, 2.75) is 11.8 Å². The standard InChI is InChI=1S/C20H16FN5O3S/c1-14-23-19(26-11-10-22-13-26)12-20(24-14)29-17-6-4-16(5-7-17)25-30(27,28)18-8-2-15(21)3-9-18/h2-13,25H,1H3. The Labute approximate surface area is 172 Å². The predicted octanol–water partition coefficient (Wildman–Crippen LogP) is 3.70. The molecule has 0 atom stereocenters. The quantitative estimate of drug-likeness (QED) is 0.506. The number of benzene rings is 2. The summed E-state index contributed by atoms with van der Waals surface area (Å²) in [5.41, 5.74) is 0.338. The molecule has 0 spiro atoms. The Morgan fingerprint density at radius 2 is 1.77 bits per heavy atom. The predicted molar refractivity (Wildman–Crippen MR) is 108 cm³/mol. The second-order valence-electron chi connectivity index (χ2n) is 6.27. The first-order chi connectivity index (χ1) is 14.4. The van der Waals surface area contributed by atoms with Crippen LogP contribution in [0, 0.1) is 12.7 Å². The van der Waals surface area contributed by atoms with Gasteiger partial charge in [-0.05, 0) is 55.5 Å². The van der Waals surface area contributed by atoms with Crippen LogP contribution in [0.25, 0.3) is 5.82 Å². The fourth-order valence-electron chi connectivity index (χ4n) is 2.64. The van der Waals surface area contributed by atoms with Crippen molar-refractivity contribution in [1.82, 2.24) is 19.5 Å². The molecule has 0 fully saturated rings. The monoisotopic (exact) mass is 425 g/mol. The maximum Gasteiger partial charge on any atom is 0.261 e. The second kappa shape index (κ2) is 7.91. The van der Waals surface area contributed by atoms with E-state index in [-0.39, 0.29) is 4.90 Å².